The highest BCUT2D eigenvalue weighted by Gasteiger charge is 2.13. The van der Waals surface area contributed by atoms with Gasteiger partial charge in [0.05, 0.1) is 18.4 Å². The number of aromatic carboxylic acids is 1. The van der Waals surface area contributed by atoms with Crippen molar-refractivity contribution in [2.24, 2.45) is 4.99 Å². The summed E-state index contributed by atoms with van der Waals surface area (Å²) < 4.78 is 10.7. The average molecular weight is 369 g/mol. The number of aliphatic imine (C=N–C) groups is 1. The largest absolute Gasteiger partial charge is 0.493 e. The average Bonchev–Trinajstić information content (AvgIpc) is 2.65. The molecule has 0 aliphatic heterocycles. The second kappa shape index (κ2) is 9.19. The number of nitrogens with zero attached hydrogens (tertiary/aromatic N) is 1. The summed E-state index contributed by atoms with van der Waals surface area (Å²) in [4.78, 5) is 26.0. The number of hydrogen-bond donors (Lipinski definition) is 2. The molecule has 0 aromatic heterocycles. The maximum absolute atomic E-state index is 10.9. The molecule has 0 aliphatic carbocycles. The van der Waals surface area contributed by atoms with Crippen molar-refractivity contribution in [3.63, 3.8) is 0 Å². The van der Waals surface area contributed by atoms with Gasteiger partial charge < -0.3 is 19.7 Å². The third-order valence-corrected chi connectivity index (χ3v) is 3.56. The molecule has 0 heterocycles. The molecule has 0 saturated carbocycles. The van der Waals surface area contributed by atoms with Crippen molar-refractivity contribution in [2.45, 2.75) is 6.42 Å². The van der Waals surface area contributed by atoms with Crippen LogP contribution in [0.3, 0.4) is 0 Å². The van der Waals surface area contributed by atoms with E-state index in [2.05, 4.69) is 11.6 Å². The summed E-state index contributed by atoms with van der Waals surface area (Å²) in [5.74, 6) is -1.35. The van der Waals surface area contributed by atoms with E-state index >= 15 is 0 Å². The van der Waals surface area contributed by atoms with E-state index in [-0.39, 0.29) is 5.56 Å². The van der Waals surface area contributed by atoms with Gasteiger partial charge in [-0.25, -0.2) is 9.59 Å². The van der Waals surface area contributed by atoms with Crippen LogP contribution in [0.4, 0.5) is 5.69 Å². The first-order valence-electron chi connectivity index (χ1n) is 7.98. The first-order valence-corrected chi connectivity index (χ1v) is 7.98. The minimum Gasteiger partial charge on any atom is -0.493 e. The van der Waals surface area contributed by atoms with Crippen molar-refractivity contribution in [3.8, 4) is 11.5 Å². The summed E-state index contributed by atoms with van der Waals surface area (Å²) in [6.45, 7) is 3.22. The zero-order valence-corrected chi connectivity index (χ0v) is 14.7. The number of carboxylic acid groups (broad SMARTS) is 2. The lowest BCUT2D eigenvalue weighted by Gasteiger charge is -2.14. The number of hydrogen-bond acceptors (Lipinski definition) is 5. The lowest BCUT2D eigenvalue weighted by Crippen LogP contribution is -2.11. The molecule has 0 radical (unpaired) electrons. The van der Waals surface area contributed by atoms with E-state index in [4.69, 9.17) is 19.7 Å². The molecule has 2 N–H and O–H groups in total. The Bertz CT molecular complexity index is 871. The number of methoxy groups -OCH3 is 1. The van der Waals surface area contributed by atoms with E-state index in [0.29, 0.717) is 34.7 Å². The van der Waals surface area contributed by atoms with E-state index in [0.717, 1.165) is 0 Å². The Hall–Kier alpha value is -3.61. The second-order valence-corrected chi connectivity index (χ2v) is 5.50. The summed E-state index contributed by atoms with van der Waals surface area (Å²) in [6.07, 6.45) is 3.74. The Kier molecular flexibility index (Phi) is 6.71. The predicted molar refractivity (Wildman–Crippen MR) is 101 cm³/mol. The molecule has 7 heteroatoms. The number of rotatable bonds is 9. The van der Waals surface area contributed by atoms with Crippen LogP contribution in [0, 0.1) is 0 Å². The molecule has 0 bridgehead atoms. The standard InChI is InChI=1S/C20H19NO6/c1-3-4-15-9-13(10-17(26-2)19(15)27-12-18(22)23)11-21-16-7-5-14(6-8-16)20(24)25/h3,5-11H,1,4,12H2,2H3,(H,22,23)(H,24,25). The van der Waals surface area contributed by atoms with Gasteiger partial charge in [0.1, 0.15) is 0 Å². The van der Waals surface area contributed by atoms with E-state index in [9.17, 15) is 9.59 Å². The van der Waals surface area contributed by atoms with Crippen LogP contribution in [0.15, 0.2) is 54.0 Å². The molecule has 2 aromatic rings. The van der Waals surface area contributed by atoms with Gasteiger partial charge in [-0.3, -0.25) is 4.99 Å². The number of ether oxygens (including phenoxy) is 2. The summed E-state index contributed by atoms with van der Waals surface area (Å²) in [7, 11) is 1.46. The molecule has 0 amide bonds. The molecule has 0 saturated heterocycles. The summed E-state index contributed by atoms with van der Waals surface area (Å²) in [6, 6.07) is 9.64. The number of allylic oxidation sites excluding steroid dienone is 1. The predicted octanol–water partition coefficient (Wildman–Crippen LogP) is 3.34. The van der Waals surface area contributed by atoms with Gasteiger partial charge in [-0.15, -0.1) is 6.58 Å². The van der Waals surface area contributed by atoms with Gasteiger partial charge >= 0.3 is 11.9 Å². The SMILES string of the molecule is C=CCc1cc(C=Nc2ccc(C(=O)O)cc2)cc(OC)c1OCC(=O)O. The third kappa shape index (κ3) is 5.43. The lowest BCUT2D eigenvalue weighted by atomic mass is 10.1. The fourth-order valence-electron chi connectivity index (χ4n) is 2.35. The first-order chi connectivity index (χ1) is 12.9. The van der Waals surface area contributed by atoms with Crippen LogP contribution in [-0.4, -0.2) is 42.1 Å². The van der Waals surface area contributed by atoms with Gasteiger partial charge in [-0.1, -0.05) is 6.08 Å². The zero-order valence-electron chi connectivity index (χ0n) is 14.7. The van der Waals surface area contributed by atoms with Crippen LogP contribution in [-0.2, 0) is 11.2 Å². The van der Waals surface area contributed by atoms with Gasteiger partial charge in [0.25, 0.3) is 0 Å². The zero-order chi connectivity index (χ0) is 19.8. The van der Waals surface area contributed by atoms with Crippen molar-refractivity contribution in [1.29, 1.82) is 0 Å². The van der Waals surface area contributed by atoms with Crippen LogP contribution in [0.1, 0.15) is 21.5 Å². The van der Waals surface area contributed by atoms with Crippen molar-refractivity contribution in [2.75, 3.05) is 13.7 Å². The Morgan fingerprint density at radius 2 is 1.89 bits per heavy atom. The van der Waals surface area contributed by atoms with Gasteiger partial charge in [0.2, 0.25) is 0 Å². The van der Waals surface area contributed by atoms with Crippen LogP contribution in [0.2, 0.25) is 0 Å². The topological polar surface area (TPSA) is 105 Å². The molecule has 2 aromatic carbocycles. The van der Waals surface area contributed by atoms with Crippen molar-refractivity contribution in [3.05, 3.63) is 65.7 Å². The second-order valence-electron chi connectivity index (χ2n) is 5.50. The molecule has 0 aliphatic rings. The maximum atomic E-state index is 10.9. The van der Waals surface area contributed by atoms with Crippen LogP contribution < -0.4 is 9.47 Å². The molecular weight excluding hydrogens is 350 g/mol. The van der Waals surface area contributed by atoms with Gasteiger partial charge in [0.15, 0.2) is 18.1 Å². The minimum absolute atomic E-state index is 0.184. The highest BCUT2D eigenvalue weighted by atomic mass is 16.5. The Morgan fingerprint density at radius 1 is 1.19 bits per heavy atom. The van der Waals surface area contributed by atoms with Crippen molar-refractivity contribution >= 4 is 23.8 Å². The van der Waals surface area contributed by atoms with E-state index in [1.165, 1.54) is 19.2 Å². The van der Waals surface area contributed by atoms with E-state index in [1.54, 1.807) is 36.6 Å². The first kappa shape index (κ1) is 19.7. The lowest BCUT2D eigenvalue weighted by molar-refractivity contribution is -0.139. The Morgan fingerprint density at radius 3 is 2.44 bits per heavy atom. The van der Waals surface area contributed by atoms with Crippen molar-refractivity contribution in [1.82, 2.24) is 0 Å². The fraction of sp³-hybridized carbons (Fsp3) is 0.150. The Labute approximate surface area is 156 Å². The van der Waals surface area contributed by atoms with Crippen LogP contribution in [0.25, 0.3) is 0 Å². The maximum Gasteiger partial charge on any atom is 0.341 e. The smallest absolute Gasteiger partial charge is 0.341 e. The highest BCUT2D eigenvalue weighted by molar-refractivity contribution is 5.88. The normalized spacial score (nSPS) is 10.6. The van der Waals surface area contributed by atoms with Crippen LogP contribution in [0.5, 0.6) is 11.5 Å². The minimum atomic E-state index is -1.09. The molecule has 0 fully saturated rings. The summed E-state index contributed by atoms with van der Waals surface area (Å²) >= 11 is 0. The number of aliphatic carboxylic acids is 1. The summed E-state index contributed by atoms with van der Waals surface area (Å²) in [5.41, 5.74) is 2.21. The molecular formula is C20H19NO6. The fourth-order valence-corrected chi connectivity index (χ4v) is 2.35. The van der Waals surface area contributed by atoms with Crippen molar-refractivity contribution < 1.29 is 29.3 Å². The molecule has 27 heavy (non-hydrogen) atoms. The molecule has 0 unspecified atom stereocenters. The Balaban J connectivity index is 2.32. The quantitative estimate of drug-likeness (QED) is 0.519. The molecule has 7 nitrogen and oxygen atoms in total. The molecule has 140 valence electrons. The molecule has 2 rings (SSSR count). The van der Waals surface area contributed by atoms with E-state index in [1.807, 2.05) is 0 Å². The third-order valence-electron chi connectivity index (χ3n) is 3.56. The number of carboxylic acids is 2. The van der Waals surface area contributed by atoms with Gasteiger partial charge in [-0.05, 0) is 48.4 Å². The molecule has 0 spiro atoms. The van der Waals surface area contributed by atoms with Gasteiger partial charge in [-0.2, -0.15) is 0 Å². The summed E-state index contributed by atoms with van der Waals surface area (Å²) in [5, 5.41) is 17.8. The number of benzene rings is 2. The van der Waals surface area contributed by atoms with Crippen LogP contribution >= 0.6 is 0 Å². The van der Waals surface area contributed by atoms with E-state index < -0.39 is 18.5 Å². The molecule has 0 atom stereocenters. The highest BCUT2D eigenvalue weighted by Crippen LogP contribution is 2.33. The monoisotopic (exact) mass is 369 g/mol. The number of carbonyl (C=O) groups is 2. The van der Waals surface area contributed by atoms with Gasteiger partial charge in [0, 0.05) is 11.8 Å².